The van der Waals surface area contributed by atoms with Crippen LogP contribution in [0.5, 0.6) is 0 Å². The first kappa shape index (κ1) is 13.8. The van der Waals surface area contributed by atoms with Gasteiger partial charge in [-0.25, -0.2) is 8.78 Å². The number of amides is 1. The first-order chi connectivity index (χ1) is 8.84. The van der Waals surface area contributed by atoms with E-state index in [1.54, 1.807) is 4.57 Å². The lowest BCUT2D eigenvalue weighted by molar-refractivity contribution is -0.179. The fourth-order valence-corrected chi connectivity index (χ4v) is 1.96. The minimum Gasteiger partial charge on any atom is -0.333 e. The van der Waals surface area contributed by atoms with Gasteiger partial charge in [0.25, 0.3) is 5.91 Å². The molecule has 0 bridgehead atoms. The summed E-state index contributed by atoms with van der Waals surface area (Å²) >= 11 is 0. The molecule has 1 amide bonds. The van der Waals surface area contributed by atoms with Gasteiger partial charge in [-0.2, -0.15) is 8.78 Å². The minimum absolute atomic E-state index is 0.270. The number of halogens is 4. The number of carbonyl (C=O) groups is 1. The second-order valence-electron chi connectivity index (χ2n) is 4.37. The van der Waals surface area contributed by atoms with Crippen LogP contribution in [0.25, 0.3) is 0 Å². The Morgan fingerprint density at radius 2 is 2.16 bits per heavy atom. The van der Waals surface area contributed by atoms with E-state index in [-0.39, 0.29) is 6.54 Å². The smallest absolute Gasteiger partial charge is 0.333 e. The average Bonchev–Trinajstić information content (AvgIpc) is 2.92. The molecule has 1 aliphatic heterocycles. The molecular weight excluding hydrogens is 268 g/mol. The van der Waals surface area contributed by atoms with Crippen LogP contribution in [0.4, 0.5) is 17.6 Å². The summed E-state index contributed by atoms with van der Waals surface area (Å²) in [7, 11) is 1.04. The zero-order valence-electron chi connectivity index (χ0n) is 10.1. The van der Waals surface area contributed by atoms with Crippen molar-refractivity contribution in [1.82, 2.24) is 19.7 Å². The summed E-state index contributed by atoms with van der Waals surface area (Å²) in [4.78, 5) is 11.8. The van der Waals surface area contributed by atoms with Gasteiger partial charge in [0.15, 0.2) is 5.82 Å². The quantitative estimate of drug-likeness (QED) is 0.776. The number of aryl methyl sites for hydroxylation is 1. The van der Waals surface area contributed by atoms with E-state index in [9.17, 15) is 22.4 Å². The van der Waals surface area contributed by atoms with E-state index in [4.69, 9.17) is 0 Å². The Hall–Kier alpha value is -1.67. The predicted molar refractivity (Wildman–Crippen MR) is 55.8 cm³/mol. The molecule has 1 aromatic rings. The van der Waals surface area contributed by atoms with Gasteiger partial charge < -0.3 is 9.47 Å². The SMILES string of the molecule is CN(Cc1nnc2n1CCC2)C(=O)C(F)(F)C(F)F. The molecule has 9 heteroatoms. The van der Waals surface area contributed by atoms with Crippen LogP contribution < -0.4 is 0 Å². The Morgan fingerprint density at radius 1 is 1.47 bits per heavy atom. The van der Waals surface area contributed by atoms with Crippen molar-refractivity contribution in [2.24, 2.45) is 0 Å². The molecule has 0 saturated heterocycles. The largest absolute Gasteiger partial charge is 0.383 e. The van der Waals surface area contributed by atoms with Gasteiger partial charge in [-0.3, -0.25) is 4.79 Å². The third-order valence-corrected chi connectivity index (χ3v) is 2.97. The van der Waals surface area contributed by atoms with Crippen molar-refractivity contribution in [3.63, 3.8) is 0 Å². The molecule has 19 heavy (non-hydrogen) atoms. The van der Waals surface area contributed by atoms with Crippen LogP contribution in [-0.2, 0) is 24.3 Å². The van der Waals surface area contributed by atoms with E-state index < -0.39 is 18.3 Å². The number of hydrogen-bond donors (Lipinski definition) is 0. The average molecular weight is 280 g/mol. The topological polar surface area (TPSA) is 51.0 Å². The normalized spacial score (nSPS) is 14.8. The molecule has 0 saturated carbocycles. The number of nitrogens with zero attached hydrogens (tertiary/aromatic N) is 4. The van der Waals surface area contributed by atoms with Crippen LogP contribution in [0.3, 0.4) is 0 Å². The van der Waals surface area contributed by atoms with Crippen molar-refractivity contribution in [3.8, 4) is 0 Å². The van der Waals surface area contributed by atoms with Gasteiger partial charge in [0.05, 0.1) is 6.54 Å². The molecule has 1 aliphatic rings. The van der Waals surface area contributed by atoms with Crippen LogP contribution >= 0.6 is 0 Å². The number of fused-ring (bicyclic) bond motifs is 1. The number of aromatic nitrogens is 3. The molecule has 2 rings (SSSR count). The van der Waals surface area contributed by atoms with E-state index in [2.05, 4.69) is 10.2 Å². The van der Waals surface area contributed by atoms with Gasteiger partial charge >= 0.3 is 12.3 Å². The zero-order valence-corrected chi connectivity index (χ0v) is 10.1. The highest BCUT2D eigenvalue weighted by atomic mass is 19.3. The molecule has 5 nitrogen and oxygen atoms in total. The highest BCUT2D eigenvalue weighted by Crippen LogP contribution is 2.25. The second-order valence-corrected chi connectivity index (χ2v) is 4.37. The molecule has 1 aromatic heterocycles. The maximum absolute atomic E-state index is 12.9. The monoisotopic (exact) mass is 280 g/mol. The van der Waals surface area contributed by atoms with Gasteiger partial charge in [-0.15, -0.1) is 10.2 Å². The van der Waals surface area contributed by atoms with Crippen molar-refractivity contribution >= 4 is 5.91 Å². The number of rotatable bonds is 4. The van der Waals surface area contributed by atoms with Gasteiger partial charge in [0.1, 0.15) is 5.82 Å². The summed E-state index contributed by atoms with van der Waals surface area (Å²) < 4.78 is 51.7. The lowest BCUT2D eigenvalue weighted by atomic mass is 10.3. The molecular formula is C10H12F4N4O. The van der Waals surface area contributed by atoms with E-state index in [1.165, 1.54) is 0 Å². The molecule has 0 N–H and O–H groups in total. The fourth-order valence-electron chi connectivity index (χ4n) is 1.96. The Balaban J connectivity index is 2.09. The summed E-state index contributed by atoms with van der Waals surface area (Å²) in [5.41, 5.74) is 0. The number of carbonyl (C=O) groups excluding carboxylic acids is 1. The maximum Gasteiger partial charge on any atom is 0.383 e. The summed E-state index contributed by atoms with van der Waals surface area (Å²) in [6.45, 7) is 0.374. The van der Waals surface area contributed by atoms with Crippen LogP contribution in [0.1, 0.15) is 18.1 Å². The van der Waals surface area contributed by atoms with Gasteiger partial charge in [0, 0.05) is 20.0 Å². The molecule has 0 atom stereocenters. The molecule has 2 heterocycles. The van der Waals surface area contributed by atoms with Crippen molar-refractivity contribution in [2.45, 2.75) is 38.3 Å². The Morgan fingerprint density at radius 3 is 2.79 bits per heavy atom. The highest BCUT2D eigenvalue weighted by Gasteiger charge is 2.50. The van der Waals surface area contributed by atoms with Gasteiger partial charge in [-0.1, -0.05) is 0 Å². The van der Waals surface area contributed by atoms with Crippen LogP contribution in [0.15, 0.2) is 0 Å². The Labute approximate surface area is 106 Å². The van der Waals surface area contributed by atoms with Gasteiger partial charge in [-0.05, 0) is 6.42 Å². The van der Waals surface area contributed by atoms with Gasteiger partial charge in [0.2, 0.25) is 0 Å². The molecule has 0 unspecified atom stereocenters. The van der Waals surface area contributed by atoms with Crippen LogP contribution in [0, 0.1) is 0 Å². The fraction of sp³-hybridized carbons (Fsp3) is 0.700. The predicted octanol–water partition coefficient (Wildman–Crippen LogP) is 1.08. The summed E-state index contributed by atoms with van der Waals surface area (Å²) in [5.74, 6) is -5.55. The van der Waals surface area contributed by atoms with E-state index in [0.717, 1.165) is 25.7 Å². The van der Waals surface area contributed by atoms with Crippen molar-refractivity contribution in [1.29, 1.82) is 0 Å². The number of alkyl halides is 4. The maximum atomic E-state index is 12.9. The third kappa shape index (κ3) is 2.41. The lowest BCUT2D eigenvalue weighted by Crippen LogP contribution is -2.46. The van der Waals surface area contributed by atoms with E-state index >= 15 is 0 Å². The van der Waals surface area contributed by atoms with Crippen molar-refractivity contribution < 1.29 is 22.4 Å². The van der Waals surface area contributed by atoms with E-state index in [0.29, 0.717) is 17.3 Å². The first-order valence-electron chi connectivity index (χ1n) is 5.66. The zero-order chi connectivity index (χ0) is 14.2. The summed E-state index contributed by atoms with van der Waals surface area (Å²) in [5, 5.41) is 7.62. The highest BCUT2D eigenvalue weighted by molar-refractivity contribution is 5.83. The molecule has 0 radical (unpaired) electrons. The van der Waals surface area contributed by atoms with Crippen molar-refractivity contribution in [2.75, 3.05) is 7.05 Å². The lowest BCUT2D eigenvalue weighted by Gasteiger charge is -2.22. The number of hydrogen-bond acceptors (Lipinski definition) is 3. The molecule has 106 valence electrons. The third-order valence-electron chi connectivity index (χ3n) is 2.97. The standard InChI is InChI=1S/C10H12F4N4O/c1-17(9(19)10(13,14)8(11)12)5-7-16-15-6-3-2-4-18(6)7/h8H,2-5H2,1H3. The summed E-state index contributed by atoms with van der Waals surface area (Å²) in [6.07, 6.45) is -2.42. The van der Waals surface area contributed by atoms with Crippen molar-refractivity contribution in [3.05, 3.63) is 11.6 Å². The first-order valence-corrected chi connectivity index (χ1v) is 5.66. The molecule has 0 aliphatic carbocycles. The Kier molecular flexibility index (Phi) is 3.46. The minimum atomic E-state index is -4.68. The van der Waals surface area contributed by atoms with Crippen LogP contribution in [-0.4, -0.2) is 45.0 Å². The second kappa shape index (κ2) is 4.78. The van der Waals surface area contributed by atoms with E-state index in [1.807, 2.05) is 0 Å². The molecule has 0 aromatic carbocycles. The molecule has 0 spiro atoms. The summed E-state index contributed by atoms with van der Waals surface area (Å²) in [6, 6.07) is 0. The van der Waals surface area contributed by atoms with Crippen LogP contribution in [0.2, 0.25) is 0 Å². The Bertz CT molecular complexity index is 488. The molecule has 0 fully saturated rings.